The number of nitrogens with one attached hydrogen (secondary N) is 1. The number of methoxy groups -OCH3 is 2. The number of ether oxygens (including phenoxy) is 3. The molecule has 2 aromatic rings. The summed E-state index contributed by atoms with van der Waals surface area (Å²) >= 11 is 0. The molecule has 1 aliphatic rings. The zero-order valence-corrected chi connectivity index (χ0v) is 17.2. The molecular formula is C20H24N2O6S. The number of rotatable bonds is 7. The predicted octanol–water partition coefficient (Wildman–Crippen LogP) is 1.91. The van der Waals surface area contributed by atoms with Gasteiger partial charge < -0.3 is 19.5 Å². The van der Waals surface area contributed by atoms with E-state index in [-0.39, 0.29) is 36.1 Å². The smallest absolute Gasteiger partial charge is 0.246 e. The maximum atomic E-state index is 13.0. The first-order chi connectivity index (χ1) is 13.9. The summed E-state index contributed by atoms with van der Waals surface area (Å²) < 4.78 is 43.0. The van der Waals surface area contributed by atoms with E-state index in [1.165, 1.54) is 17.5 Å². The topological polar surface area (TPSA) is 94.2 Å². The molecule has 0 aromatic heterocycles. The lowest BCUT2D eigenvalue weighted by atomic mass is 10.1. The van der Waals surface area contributed by atoms with Crippen LogP contribution in [0.4, 0.5) is 5.69 Å². The van der Waals surface area contributed by atoms with Gasteiger partial charge in [0.05, 0.1) is 33.9 Å². The molecule has 1 aliphatic heterocycles. The Morgan fingerprint density at radius 2 is 1.76 bits per heavy atom. The lowest BCUT2D eigenvalue weighted by Crippen LogP contribution is -2.40. The van der Waals surface area contributed by atoms with Crippen molar-refractivity contribution in [3.8, 4) is 11.5 Å². The number of hydrogen-bond acceptors (Lipinski definition) is 6. The number of nitrogens with zero attached hydrogens (tertiary/aromatic N) is 1. The van der Waals surface area contributed by atoms with E-state index in [2.05, 4.69) is 5.32 Å². The first kappa shape index (κ1) is 21.1. The van der Waals surface area contributed by atoms with Crippen LogP contribution in [-0.2, 0) is 26.0 Å². The van der Waals surface area contributed by atoms with Gasteiger partial charge >= 0.3 is 0 Å². The SMILES string of the molecule is COc1ccc(NC(=O)Cc2ccc(OC)c(S(=O)(=O)N3CCOCC3)c2)cc1. The van der Waals surface area contributed by atoms with Crippen LogP contribution in [0.5, 0.6) is 11.5 Å². The van der Waals surface area contributed by atoms with E-state index >= 15 is 0 Å². The van der Waals surface area contributed by atoms with Crippen molar-refractivity contribution in [1.29, 1.82) is 0 Å². The molecule has 0 atom stereocenters. The molecule has 0 aliphatic carbocycles. The highest BCUT2D eigenvalue weighted by Gasteiger charge is 2.29. The quantitative estimate of drug-likeness (QED) is 0.735. The average Bonchev–Trinajstić information content (AvgIpc) is 2.74. The molecule has 8 nitrogen and oxygen atoms in total. The Hall–Kier alpha value is -2.62. The molecule has 1 fully saturated rings. The van der Waals surface area contributed by atoms with E-state index in [4.69, 9.17) is 14.2 Å². The summed E-state index contributed by atoms with van der Waals surface area (Å²) in [6, 6.07) is 11.7. The molecule has 0 radical (unpaired) electrons. The minimum atomic E-state index is -3.75. The third-order valence-electron chi connectivity index (χ3n) is 4.55. The molecule has 2 aromatic carbocycles. The van der Waals surface area contributed by atoms with Gasteiger partial charge in [0, 0.05) is 18.8 Å². The second-order valence-corrected chi connectivity index (χ2v) is 8.36. The first-order valence-electron chi connectivity index (χ1n) is 9.13. The largest absolute Gasteiger partial charge is 0.497 e. The second kappa shape index (κ2) is 9.25. The van der Waals surface area contributed by atoms with Crippen molar-refractivity contribution in [3.05, 3.63) is 48.0 Å². The fourth-order valence-electron chi connectivity index (χ4n) is 3.02. The number of amides is 1. The molecule has 156 valence electrons. The highest BCUT2D eigenvalue weighted by atomic mass is 32.2. The molecule has 1 amide bonds. The summed E-state index contributed by atoms with van der Waals surface area (Å²) in [5.74, 6) is 0.682. The van der Waals surface area contributed by atoms with Crippen molar-refractivity contribution in [2.75, 3.05) is 45.8 Å². The normalized spacial score (nSPS) is 15.0. The van der Waals surface area contributed by atoms with E-state index in [0.29, 0.717) is 30.2 Å². The summed E-state index contributed by atoms with van der Waals surface area (Å²) in [6.07, 6.45) is 0.0294. The van der Waals surface area contributed by atoms with Gasteiger partial charge in [0.2, 0.25) is 15.9 Å². The lowest BCUT2D eigenvalue weighted by molar-refractivity contribution is -0.115. The molecule has 0 unspecified atom stereocenters. The molecule has 0 spiro atoms. The third kappa shape index (κ3) is 5.06. The van der Waals surface area contributed by atoms with E-state index in [9.17, 15) is 13.2 Å². The first-order valence-corrected chi connectivity index (χ1v) is 10.6. The number of anilines is 1. The summed E-state index contributed by atoms with van der Waals surface area (Å²) in [6.45, 7) is 1.28. The van der Waals surface area contributed by atoms with E-state index < -0.39 is 10.0 Å². The fraction of sp³-hybridized carbons (Fsp3) is 0.350. The van der Waals surface area contributed by atoms with Crippen LogP contribution in [0.2, 0.25) is 0 Å². The number of carbonyl (C=O) groups is 1. The van der Waals surface area contributed by atoms with Crippen molar-refractivity contribution in [1.82, 2.24) is 4.31 Å². The molecule has 0 saturated carbocycles. The summed E-state index contributed by atoms with van der Waals surface area (Å²) in [5.41, 5.74) is 1.20. The van der Waals surface area contributed by atoms with E-state index in [0.717, 1.165) is 0 Å². The van der Waals surface area contributed by atoms with Gasteiger partial charge in [-0.15, -0.1) is 0 Å². The highest BCUT2D eigenvalue weighted by molar-refractivity contribution is 7.89. The molecule has 1 saturated heterocycles. The summed E-state index contributed by atoms with van der Waals surface area (Å²) in [7, 11) is -0.757. The Labute approximate surface area is 170 Å². The van der Waals surface area contributed by atoms with Crippen LogP contribution < -0.4 is 14.8 Å². The van der Waals surface area contributed by atoms with Crippen LogP contribution >= 0.6 is 0 Å². The van der Waals surface area contributed by atoms with E-state index in [1.54, 1.807) is 43.5 Å². The van der Waals surface area contributed by atoms with Crippen LogP contribution in [0, 0.1) is 0 Å². The maximum Gasteiger partial charge on any atom is 0.246 e. The van der Waals surface area contributed by atoms with Crippen LogP contribution in [0.25, 0.3) is 0 Å². The van der Waals surface area contributed by atoms with Gasteiger partial charge in [-0.1, -0.05) is 6.07 Å². The number of morpholine rings is 1. The Morgan fingerprint density at radius 3 is 2.38 bits per heavy atom. The Kier molecular flexibility index (Phi) is 6.73. The molecular weight excluding hydrogens is 396 g/mol. The highest BCUT2D eigenvalue weighted by Crippen LogP contribution is 2.28. The number of hydrogen-bond donors (Lipinski definition) is 1. The summed E-state index contributed by atoms with van der Waals surface area (Å²) in [4.78, 5) is 12.5. The minimum absolute atomic E-state index is 0.0294. The monoisotopic (exact) mass is 420 g/mol. The Bertz CT molecular complexity index is 953. The Morgan fingerprint density at radius 1 is 1.07 bits per heavy atom. The summed E-state index contributed by atoms with van der Waals surface area (Å²) in [5, 5.41) is 2.79. The van der Waals surface area contributed by atoms with Gasteiger partial charge in [0.15, 0.2) is 0 Å². The lowest BCUT2D eigenvalue weighted by Gasteiger charge is -2.26. The molecule has 1 heterocycles. The van der Waals surface area contributed by atoms with Crippen molar-refractivity contribution >= 4 is 21.6 Å². The zero-order valence-electron chi connectivity index (χ0n) is 16.4. The second-order valence-electron chi connectivity index (χ2n) is 6.46. The van der Waals surface area contributed by atoms with Gasteiger partial charge in [0.25, 0.3) is 0 Å². The third-order valence-corrected chi connectivity index (χ3v) is 6.47. The number of sulfonamides is 1. The molecule has 0 bridgehead atoms. The average molecular weight is 420 g/mol. The Balaban J connectivity index is 1.77. The van der Waals surface area contributed by atoms with Gasteiger partial charge in [-0.2, -0.15) is 4.31 Å². The zero-order chi connectivity index (χ0) is 20.9. The van der Waals surface area contributed by atoms with Crippen molar-refractivity contribution < 1.29 is 27.4 Å². The van der Waals surface area contributed by atoms with E-state index in [1.807, 2.05) is 0 Å². The minimum Gasteiger partial charge on any atom is -0.497 e. The van der Waals surface area contributed by atoms with Crippen molar-refractivity contribution in [2.24, 2.45) is 0 Å². The van der Waals surface area contributed by atoms with Gasteiger partial charge in [0.1, 0.15) is 16.4 Å². The molecule has 9 heteroatoms. The molecule has 1 N–H and O–H groups in total. The van der Waals surface area contributed by atoms with Crippen molar-refractivity contribution in [3.63, 3.8) is 0 Å². The maximum absolute atomic E-state index is 13.0. The number of carbonyl (C=O) groups excluding carboxylic acids is 1. The van der Waals surface area contributed by atoms with Crippen LogP contribution in [-0.4, -0.2) is 59.2 Å². The molecule has 3 rings (SSSR count). The van der Waals surface area contributed by atoms with Gasteiger partial charge in [-0.25, -0.2) is 8.42 Å². The predicted molar refractivity (Wildman–Crippen MR) is 108 cm³/mol. The van der Waals surface area contributed by atoms with Gasteiger partial charge in [-0.05, 0) is 42.0 Å². The van der Waals surface area contributed by atoms with Crippen molar-refractivity contribution in [2.45, 2.75) is 11.3 Å². The van der Waals surface area contributed by atoms with Crippen LogP contribution in [0.15, 0.2) is 47.4 Å². The van der Waals surface area contributed by atoms with Crippen LogP contribution in [0.3, 0.4) is 0 Å². The van der Waals surface area contributed by atoms with Gasteiger partial charge in [-0.3, -0.25) is 4.79 Å². The fourth-order valence-corrected chi connectivity index (χ4v) is 4.64. The standard InChI is InChI=1S/C20H24N2O6S/c1-26-17-6-4-16(5-7-17)21-20(23)14-15-3-8-18(27-2)19(13-15)29(24,25)22-9-11-28-12-10-22/h3-8,13H,9-12,14H2,1-2H3,(H,21,23). The number of benzene rings is 2. The van der Waals surface area contributed by atoms with Crippen LogP contribution in [0.1, 0.15) is 5.56 Å². The molecule has 29 heavy (non-hydrogen) atoms.